The van der Waals surface area contributed by atoms with Gasteiger partial charge in [-0.05, 0) is 38.5 Å². The Balaban J connectivity index is 2.26. The average Bonchev–Trinajstić information content (AvgIpc) is 2.71. The molecule has 0 aliphatic carbocycles. The summed E-state index contributed by atoms with van der Waals surface area (Å²) in [4.78, 5) is 0. The molecule has 0 bridgehead atoms. The second-order valence-electron chi connectivity index (χ2n) is 5.49. The third kappa shape index (κ3) is 3.04. The van der Waals surface area contributed by atoms with Crippen LogP contribution in [0.3, 0.4) is 0 Å². The first-order chi connectivity index (χ1) is 8.79. The summed E-state index contributed by atoms with van der Waals surface area (Å²) in [6.45, 7) is 5.71. The van der Waals surface area contributed by atoms with Crippen LogP contribution in [0.1, 0.15) is 38.9 Å². The Morgan fingerprint density at radius 2 is 2.11 bits per heavy atom. The van der Waals surface area contributed by atoms with Crippen molar-refractivity contribution in [3.63, 3.8) is 0 Å². The van der Waals surface area contributed by atoms with Crippen LogP contribution in [0.4, 0.5) is 4.39 Å². The first-order valence-corrected chi connectivity index (χ1v) is 7.36. The number of fused-ring (bicyclic) bond motifs is 1. The highest BCUT2D eigenvalue weighted by molar-refractivity contribution is 7.84. The van der Waals surface area contributed by atoms with Crippen molar-refractivity contribution in [3.05, 3.63) is 35.8 Å². The SMILES string of the molecule is C[C@H](CC(C)(C)S(N)=O)c1cc2ccc(F)cc2o1. The van der Waals surface area contributed by atoms with E-state index in [0.717, 1.165) is 11.1 Å². The molecule has 0 amide bonds. The predicted octanol–water partition coefficient (Wildman–Crippen LogP) is 3.47. The molecule has 0 aliphatic rings. The van der Waals surface area contributed by atoms with Gasteiger partial charge in [-0.2, -0.15) is 0 Å². The summed E-state index contributed by atoms with van der Waals surface area (Å²) in [7, 11) is -1.39. The van der Waals surface area contributed by atoms with E-state index in [1.165, 1.54) is 12.1 Å². The summed E-state index contributed by atoms with van der Waals surface area (Å²) in [6.07, 6.45) is 0.637. The van der Waals surface area contributed by atoms with Gasteiger partial charge in [0.05, 0.1) is 15.7 Å². The van der Waals surface area contributed by atoms with Crippen molar-refractivity contribution in [3.8, 4) is 0 Å². The lowest BCUT2D eigenvalue weighted by molar-refractivity contribution is 0.454. The Bertz CT molecular complexity index is 621. The molecule has 1 unspecified atom stereocenters. The molecule has 1 aromatic carbocycles. The van der Waals surface area contributed by atoms with Gasteiger partial charge < -0.3 is 4.42 Å². The zero-order valence-electron chi connectivity index (χ0n) is 11.3. The van der Waals surface area contributed by atoms with Crippen LogP contribution in [-0.2, 0) is 11.0 Å². The maximum absolute atomic E-state index is 13.1. The van der Waals surface area contributed by atoms with Crippen LogP contribution in [0.2, 0.25) is 0 Å². The summed E-state index contributed by atoms with van der Waals surface area (Å²) in [5.41, 5.74) is 0.536. The lowest BCUT2D eigenvalue weighted by Crippen LogP contribution is -2.33. The molecule has 2 N–H and O–H groups in total. The van der Waals surface area contributed by atoms with Crippen molar-refractivity contribution in [1.29, 1.82) is 0 Å². The Kier molecular flexibility index (Phi) is 3.78. The number of hydrogen-bond acceptors (Lipinski definition) is 2. The smallest absolute Gasteiger partial charge is 0.137 e. The van der Waals surface area contributed by atoms with Crippen molar-refractivity contribution in [2.75, 3.05) is 0 Å². The van der Waals surface area contributed by atoms with E-state index in [9.17, 15) is 8.60 Å². The molecular weight excluding hydrogens is 265 g/mol. The van der Waals surface area contributed by atoms with Crippen LogP contribution in [0.15, 0.2) is 28.7 Å². The van der Waals surface area contributed by atoms with Crippen molar-refractivity contribution in [1.82, 2.24) is 0 Å². The molecule has 1 heterocycles. The summed E-state index contributed by atoms with van der Waals surface area (Å²) in [5, 5.41) is 6.35. The van der Waals surface area contributed by atoms with Gasteiger partial charge in [0.25, 0.3) is 0 Å². The minimum Gasteiger partial charge on any atom is -0.461 e. The molecule has 2 atom stereocenters. The molecule has 3 nitrogen and oxygen atoms in total. The summed E-state index contributed by atoms with van der Waals surface area (Å²) >= 11 is 0. The molecule has 5 heteroatoms. The van der Waals surface area contributed by atoms with Crippen LogP contribution in [0.25, 0.3) is 11.0 Å². The maximum Gasteiger partial charge on any atom is 0.137 e. The molecular formula is C14H18FNO2S. The third-order valence-electron chi connectivity index (χ3n) is 3.33. The Morgan fingerprint density at radius 1 is 1.42 bits per heavy atom. The first kappa shape index (κ1) is 14.2. The fourth-order valence-electron chi connectivity index (χ4n) is 2.19. The monoisotopic (exact) mass is 283 g/mol. The number of furan rings is 1. The topological polar surface area (TPSA) is 56.2 Å². The van der Waals surface area contributed by atoms with E-state index in [2.05, 4.69) is 0 Å². The molecule has 0 saturated heterocycles. The Hall–Kier alpha value is -1.20. The second-order valence-corrected chi connectivity index (χ2v) is 7.19. The van der Waals surface area contributed by atoms with Gasteiger partial charge in [-0.15, -0.1) is 0 Å². The van der Waals surface area contributed by atoms with Crippen molar-refractivity contribution in [2.24, 2.45) is 5.14 Å². The molecule has 0 saturated carbocycles. The van der Waals surface area contributed by atoms with Gasteiger partial charge in [-0.1, -0.05) is 6.92 Å². The van der Waals surface area contributed by atoms with Crippen molar-refractivity contribution >= 4 is 22.0 Å². The Labute approximate surface area is 114 Å². The predicted molar refractivity (Wildman–Crippen MR) is 75.6 cm³/mol. The van der Waals surface area contributed by atoms with Gasteiger partial charge >= 0.3 is 0 Å². The lowest BCUT2D eigenvalue weighted by atomic mass is 9.96. The maximum atomic E-state index is 13.1. The quantitative estimate of drug-likeness (QED) is 0.934. The van der Waals surface area contributed by atoms with Gasteiger partial charge in [-0.3, -0.25) is 5.14 Å². The van der Waals surface area contributed by atoms with Crippen LogP contribution in [-0.4, -0.2) is 8.96 Å². The highest BCUT2D eigenvalue weighted by Gasteiger charge is 2.28. The fraction of sp³-hybridized carbons (Fsp3) is 0.429. The molecule has 0 aliphatic heterocycles. The molecule has 104 valence electrons. The largest absolute Gasteiger partial charge is 0.461 e. The molecule has 0 radical (unpaired) electrons. The van der Waals surface area contributed by atoms with Crippen molar-refractivity contribution in [2.45, 2.75) is 37.9 Å². The zero-order valence-corrected chi connectivity index (χ0v) is 12.1. The minimum absolute atomic E-state index is 0.0676. The lowest BCUT2D eigenvalue weighted by Gasteiger charge is -2.23. The molecule has 19 heavy (non-hydrogen) atoms. The molecule has 2 rings (SSSR count). The molecule has 2 aromatic rings. The van der Waals surface area contributed by atoms with E-state index >= 15 is 0 Å². The number of benzene rings is 1. The number of rotatable bonds is 4. The normalized spacial score (nSPS) is 15.6. The van der Waals surface area contributed by atoms with Crippen LogP contribution in [0, 0.1) is 5.82 Å². The van der Waals surface area contributed by atoms with Gasteiger partial charge in [0.1, 0.15) is 17.2 Å². The number of hydrogen-bond donors (Lipinski definition) is 1. The standard InChI is InChI=1S/C14H18FNO2S/c1-9(8-14(2,3)19(16)17)12-6-10-4-5-11(15)7-13(10)18-12/h4-7,9H,8,16H2,1-3H3/t9-,19?/m1/s1. The minimum atomic E-state index is -1.39. The van der Waals surface area contributed by atoms with E-state index in [1.807, 2.05) is 26.8 Å². The van der Waals surface area contributed by atoms with E-state index < -0.39 is 15.7 Å². The number of nitrogens with two attached hydrogens (primary N) is 1. The molecule has 0 spiro atoms. The van der Waals surface area contributed by atoms with Crippen LogP contribution >= 0.6 is 0 Å². The van der Waals surface area contributed by atoms with E-state index in [-0.39, 0.29) is 11.7 Å². The Morgan fingerprint density at radius 3 is 2.74 bits per heavy atom. The second kappa shape index (κ2) is 5.06. The van der Waals surface area contributed by atoms with E-state index in [4.69, 9.17) is 9.56 Å². The zero-order chi connectivity index (χ0) is 14.2. The van der Waals surface area contributed by atoms with E-state index in [1.54, 1.807) is 6.07 Å². The summed E-state index contributed by atoms with van der Waals surface area (Å²) < 4.78 is 29.7. The average molecular weight is 283 g/mol. The van der Waals surface area contributed by atoms with Crippen molar-refractivity contribution < 1.29 is 13.0 Å². The van der Waals surface area contributed by atoms with E-state index in [0.29, 0.717) is 12.0 Å². The van der Waals surface area contributed by atoms with Crippen LogP contribution in [0.5, 0.6) is 0 Å². The summed E-state index contributed by atoms with van der Waals surface area (Å²) in [5.74, 6) is 0.515. The van der Waals surface area contributed by atoms with Gasteiger partial charge in [0, 0.05) is 17.4 Å². The van der Waals surface area contributed by atoms with Gasteiger partial charge in [-0.25, -0.2) is 8.60 Å². The number of halogens is 1. The first-order valence-electron chi connectivity index (χ1n) is 6.15. The third-order valence-corrected chi connectivity index (χ3v) is 4.59. The highest BCUT2D eigenvalue weighted by Crippen LogP contribution is 2.32. The van der Waals surface area contributed by atoms with Gasteiger partial charge in [0.15, 0.2) is 0 Å². The molecule has 0 fully saturated rings. The molecule has 1 aromatic heterocycles. The highest BCUT2D eigenvalue weighted by atomic mass is 32.2. The van der Waals surface area contributed by atoms with Gasteiger partial charge in [0.2, 0.25) is 0 Å². The fourth-order valence-corrected chi connectivity index (χ4v) is 2.60. The van der Waals surface area contributed by atoms with Crippen LogP contribution < -0.4 is 5.14 Å². The summed E-state index contributed by atoms with van der Waals surface area (Å²) in [6, 6.07) is 6.37.